The number of aryl methyl sites for hydroxylation is 1. The van der Waals surface area contributed by atoms with Crippen molar-refractivity contribution < 1.29 is 9.59 Å². The highest BCUT2D eigenvalue weighted by molar-refractivity contribution is 5.99. The van der Waals surface area contributed by atoms with Crippen molar-refractivity contribution in [2.45, 2.75) is 50.6 Å². The summed E-state index contributed by atoms with van der Waals surface area (Å²) in [5.41, 5.74) is 1.60. The molecule has 4 rings (SSSR count). The lowest BCUT2D eigenvalue weighted by Crippen LogP contribution is -2.50. The van der Waals surface area contributed by atoms with Crippen molar-refractivity contribution in [2.75, 3.05) is 0 Å². The van der Waals surface area contributed by atoms with Crippen LogP contribution in [0.5, 0.6) is 0 Å². The minimum Gasteiger partial charge on any atom is -0.347 e. The van der Waals surface area contributed by atoms with E-state index in [9.17, 15) is 14.9 Å². The predicted octanol–water partition coefficient (Wildman–Crippen LogP) is 2.89. The van der Waals surface area contributed by atoms with Gasteiger partial charge in [-0.15, -0.1) is 0 Å². The Kier molecular flexibility index (Phi) is 5.08. The fraction of sp³-hybridized carbons (Fsp3) is 0.500. The third kappa shape index (κ3) is 3.62. The van der Waals surface area contributed by atoms with Gasteiger partial charge in [0.15, 0.2) is 0 Å². The molecule has 1 aromatic heterocycles. The van der Waals surface area contributed by atoms with E-state index >= 15 is 0 Å². The summed E-state index contributed by atoms with van der Waals surface area (Å²) in [7, 11) is 1.88. The van der Waals surface area contributed by atoms with E-state index in [4.69, 9.17) is 0 Å². The van der Waals surface area contributed by atoms with Crippen molar-refractivity contribution in [1.29, 1.82) is 5.26 Å². The predicted molar refractivity (Wildman–Crippen MR) is 106 cm³/mol. The maximum Gasteiger partial charge on any atom is 0.268 e. The molecule has 2 amide bonds. The molecule has 28 heavy (non-hydrogen) atoms. The number of rotatable bonds is 5. The summed E-state index contributed by atoms with van der Waals surface area (Å²) in [6.07, 6.45) is 5.51. The van der Waals surface area contributed by atoms with Crippen LogP contribution in [-0.4, -0.2) is 28.5 Å². The molecule has 2 aromatic rings. The molecule has 0 aliphatic heterocycles. The van der Waals surface area contributed by atoms with Gasteiger partial charge in [0.1, 0.15) is 11.7 Å². The molecule has 6 nitrogen and oxygen atoms in total. The summed E-state index contributed by atoms with van der Waals surface area (Å²) in [5, 5.41) is 16.3. The van der Waals surface area contributed by atoms with Crippen LogP contribution in [-0.2, 0) is 11.8 Å². The van der Waals surface area contributed by atoms with Crippen LogP contribution in [0.2, 0.25) is 0 Å². The monoisotopic (exact) mass is 378 g/mol. The maximum atomic E-state index is 13.0. The van der Waals surface area contributed by atoms with Gasteiger partial charge in [-0.3, -0.25) is 9.59 Å². The van der Waals surface area contributed by atoms with Gasteiger partial charge in [0.2, 0.25) is 5.91 Å². The number of para-hydroxylation sites is 1. The molecule has 0 radical (unpaired) electrons. The zero-order valence-electron chi connectivity index (χ0n) is 16.1. The highest BCUT2D eigenvalue weighted by atomic mass is 16.2. The van der Waals surface area contributed by atoms with Crippen molar-refractivity contribution in [3.8, 4) is 6.07 Å². The Hall–Kier alpha value is -2.81. The van der Waals surface area contributed by atoms with Crippen LogP contribution in [0, 0.1) is 23.2 Å². The zero-order chi connectivity index (χ0) is 19.7. The fourth-order valence-electron chi connectivity index (χ4n) is 4.31. The number of carbonyl (C=O) groups is 2. The summed E-state index contributed by atoms with van der Waals surface area (Å²) < 4.78 is 1.89. The van der Waals surface area contributed by atoms with Gasteiger partial charge in [-0.25, -0.2) is 0 Å². The molecule has 1 heterocycles. The first-order valence-electron chi connectivity index (χ1n) is 10.1. The number of nitrogens with one attached hydrogen (secondary N) is 2. The number of carbonyl (C=O) groups excluding carboxylic acids is 2. The zero-order valence-corrected chi connectivity index (χ0v) is 16.1. The quantitative estimate of drug-likeness (QED) is 0.839. The number of hydrogen-bond acceptors (Lipinski definition) is 3. The third-order valence-corrected chi connectivity index (χ3v) is 6.13. The van der Waals surface area contributed by atoms with E-state index < -0.39 is 6.04 Å². The van der Waals surface area contributed by atoms with Crippen LogP contribution in [0.25, 0.3) is 10.9 Å². The molecule has 0 spiro atoms. The molecule has 1 aromatic carbocycles. The van der Waals surface area contributed by atoms with Crippen LogP contribution < -0.4 is 10.6 Å². The van der Waals surface area contributed by atoms with Crippen molar-refractivity contribution in [2.24, 2.45) is 18.9 Å². The molecule has 2 aliphatic carbocycles. The second-order valence-electron chi connectivity index (χ2n) is 8.07. The Balaban J connectivity index is 1.48. The van der Waals surface area contributed by atoms with E-state index in [2.05, 4.69) is 16.7 Å². The summed E-state index contributed by atoms with van der Waals surface area (Å²) in [6.45, 7) is 0. The summed E-state index contributed by atoms with van der Waals surface area (Å²) in [4.78, 5) is 25.8. The first-order valence-corrected chi connectivity index (χ1v) is 10.1. The molecule has 3 unspecified atom stereocenters. The van der Waals surface area contributed by atoms with E-state index in [1.54, 1.807) is 0 Å². The van der Waals surface area contributed by atoms with Gasteiger partial charge in [-0.1, -0.05) is 31.0 Å². The second-order valence-corrected chi connectivity index (χ2v) is 8.07. The van der Waals surface area contributed by atoms with E-state index in [-0.39, 0.29) is 23.8 Å². The van der Waals surface area contributed by atoms with Crippen molar-refractivity contribution in [3.63, 3.8) is 0 Å². The van der Waals surface area contributed by atoms with Gasteiger partial charge < -0.3 is 15.2 Å². The maximum absolute atomic E-state index is 13.0. The average molecular weight is 378 g/mol. The standard InChI is InChI=1S/C22H26N4O2/c1-26-19-9-5-2-6-15(19)12-20(26)22(28)24-17-8-4-3-7-16(17)21(27)25-18(13-23)14-10-11-14/h2,5-6,9,12,14,16-18H,3-4,7-8,10-11H2,1H3,(H,24,28)(H,25,27). The molecule has 2 saturated carbocycles. The lowest BCUT2D eigenvalue weighted by molar-refractivity contribution is -0.127. The minimum atomic E-state index is -0.399. The number of amides is 2. The largest absolute Gasteiger partial charge is 0.347 e. The number of fused-ring (bicyclic) bond motifs is 1. The fourth-order valence-corrected chi connectivity index (χ4v) is 4.31. The number of nitrogens with zero attached hydrogens (tertiary/aromatic N) is 2. The Bertz CT molecular complexity index is 938. The van der Waals surface area contributed by atoms with Crippen molar-refractivity contribution >= 4 is 22.7 Å². The smallest absolute Gasteiger partial charge is 0.268 e. The van der Waals surface area contributed by atoms with Crippen LogP contribution >= 0.6 is 0 Å². The molecule has 0 saturated heterocycles. The normalized spacial score (nSPS) is 23.0. The van der Waals surface area contributed by atoms with Crippen LogP contribution in [0.4, 0.5) is 0 Å². The Morgan fingerprint density at radius 1 is 1.18 bits per heavy atom. The van der Waals surface area contributed by atoms with Gasteiger partial charge >= 0.3 is 0 Å². The van der Waals surface area contributed by atoms with Gasteiger partial charge in [-0.2, -0.15) is 5.26 Å². The number of nitriles is 1. The number of hydrogen-bond donors (Lipinski definition) is 2. The van der Waals surface area contributed by atoms with Crippen molar-refractivity contribution in [3.05, 3.63) is 36.0 Å². The first-order chi connectivity index (χ1) is 13.6. The number of aromatic nitrogens is 1. The Morgan fingerprint density at radius 2 is 1.93 bits per heavy atom. The molecular formula is C22H26N4O2. The molecule has 2 aliphatic rings. The van der Waals surface area contributed by atoms with Crippen LogP contribution in [0.1, 0.15) is 49.0 Å². The summed E-state index contributed by atoms with van der Waals surface area (Å²) in [6, 6.07) is 11.4. The second kappa shape index (κ2) is 7.67. The third-order valence-electron chi connectivity index (χ3n) is 6.13. The number of benzene rings is 1. The van der Waals surface area contributed by atoms with Gasteiger partial charge in [-0.05, 0) is 43.7 Å². The van der Waals surface area contributed by atoms with Crippen LogP contribution in [0.3, 0.4) is 0 Å². The van der Waals surface area contributed by atoms with E-state index in [0.29, 0.717) is 11.6 Å². The Morgan fingerprint density at radius 3 is 2.64 bits per heavy atom. The highest BCUT2D eigenvalue weighted by Gasteiger charge is 2.37. The lowest BCUT2D eigenvalue weighted by atomic mass is 9.83. The van der Waals surface area contributed by atoms with Gasteiger partial charge in [0.05, 0.1) is 12.0 Å². The van der Waals surface area contributed by atoms with E-state index in [1.165, 1.54) is 0 Å². The van der Waals surface area contributed by atoms with Gasteiger partial charge in [0.25, 0.3) is 5.91 Å². The van der Waals surface area contributed by atoms with E-state index in [0.717, 1.165) is 49.4 Å². The van der Waals surface area contributed by atoms with E-state index in [1.807, 2.05) is 41.9 Å². The van der Waals surface area contributed by atoms with Gasteiger partial charge in [0, 0.05) is 24.0 Å². The lowest BCUT2D eigenvalue weighted by Gasteiger charge is -2.31. The minimum absolute atomic E-state index is 0.0968. The topological polar surface area (TPSA) is 86.9 Å². The molecule has 6 heteroatoms. The Labute approximate surface area is 164 Å². The van der Waals surface area contributed by atoms with Crippen LogP contribution in [0.15, 0.2) is 30.3 Å². The summed E-state index contributed by atoms with van der Waals surface area (Å²) >= 11 is 0. The first kappa shape index (κ1) is 18.5. The molecule has 2 fully saturated rings. The molecule has 2 N–H and O–H groups in total. The molecule has 146 valence electrons. The molecular weight excluding hydrogens is 352 g/mol. The SMILES string of the molecule is Cn1c(C(=O)NC2CCCCC2C(=O)NC(C#N)C2CC2)cc2ccccc21. The average Bonchev–Trinajstić information content (AvgIpc) is 3.50. The molecule has 3 atom stereocenters. The highest BCUT2D eigenvalue weighted by Crippen LogP contribution is 2.33. The summed E-state index contributed by atoms with van der Waals surface area (Å²) in [5.74, 6) is -0.230. The van der Waals surface area contributed by atoms with Crippen molar-refractivity contribution in [1.82, 2.24) is 15.2 Å². The molecule has 0 bridgehead atoms.